The molecule has 28 heavy (non-hydrogen) atoms. The van der Waals surface area contributed by atoms with Crippen LogP contribution in [0.4, 0.5) is 5.69 Å². The molecular formula is C23H18N4O. The molecule has 0 saturated carbocycles. The van der Waals surface area contributed by atoms with Gasteiger partial charge in [0.2, 0.25) is 0 Å². The molecule has 4 rings (SSSR count). The van der Waals surface area contributed by atoms with Gasteiger partial charge in [-0.05, 0) is 59.7 Å². The van der Waals surface area contributed by atoms with Crippen LogP contribution in [0, 0.1) is 0 Å². The van der Waals surface area contributed by atoms with Crippen molar-refractivity contribution >= 4 is 11.9 Å². The molecule has 2 aromatic carbocycles. The van der Waals surface area contributed by atoms with Crippen LogP contribution >= 0.6 is 0 Å². The fraction of sp³-hybridized carbons (Fsp3) is 0.0435. The van der Waals surface area contributed by atoms with Crippen LogP contribution in [0.2, 0.25) is 0 Å². The van der Waals surface area contributed by atoms with E-state index >= 15 is 0 Å². The number of aliphatic imine (C=N–C) groups is 1. The summed E-state index contributed by atoms with van der Waals surface area (Å²) >= 11 is 0. The molecule has 0 unspecified atom stereocenters. The van der Waals surface area contributed by atoms with Crippen LogP contribution in [0.15, 0.2) is 90.4 Å². The number of methoxy groups -OCH3 is 1. The maximum Gasteiger partial charge on any atom is 0.159 e. The molecule has 0 aliphatic heterocycles. The Morgan fingerprint density at radius 2 is 1.43 bits per heavy atom. The van der Waals surface area contributed by atoms with Crippen molar-refractivity contribution in [3.63, 3.8) is 0 Å². The van der Waals surface area contributed by atoms with Crippen molar-refractivity contribution in [1.82, 2.24) is 15.0 Å². The molecule has 0 aliphatic carbocycles. The highest BCUT2D eigenvalue weighted by Crippen LogP contribution is 2.23. The van der Waals surface area contributed by atoms with Gasteiger partial charge in [0.1, 0.15) is 5.75 Å². The second-order valence-corrected chi connectivity index (χ2v) is 6.11. The van der Waals surface area contributed by atoms with Crippen LogP contribution in [-0.4, -0.2) is 28.3 Å². The van der Waals surface area contributed by atoms with Crippen molar-refractivity contribution in [3.05, 3.63) is 91.0 Å². The van der Waals surface area contributed by atoms with Crippen molar-refractivity contribution in [1.29, 1.82) is 0 Å². The van der Waals surface area contributed by atoms with Crippen molar-refractivity contribution in [3.8, 4) is 28.3 Å². The Morgan fingerprint density at radius 3 is 2.07 bits per heavy atom. The summed E-state index contributed by atoms with van der Waals surface area (Å²) in [6.07, 6.45) is 8.97. The fourth-order valence-electron chi connectivity index (χ4n) is 2.71. The van der Waals surface area contributed by atoms with E-state index in [4.69, 9.17) is 4.74 Å². The first kappa shape index (κ1) is 17.5. The molecule has 0 saturated heterocycles. The zero-order valence-electron chi connectivity index (χ0n) is 15.4. The predicted octanol–water partition coefficient (Wildman–Crippen LogP) is 4.96. The summed E-state index contributed by atoms with van der Waals surface area (Å²) in [5.41, 5.74) is 4.86. The standard InChI is InChI=1S/C23H18N4O/c1-28-22-8-2-17(3-9-22)14-25-21-6-4-18(5-7-21)20-15-26-23(27-16-20)19-10-12-24-13-11-19/h2-16H,1H3. The second-order valence-electron chi connectivity index (χ2n) is 6.11. The van der Waals surface area contributed by atoms with E-state index in [9.17, 15) is 0 Å². The fourth-order valence-corrected chi connectivity index (χ4v) is 2.71. The third-order valence-corrected chi connectivity index (χ3v) is 4.27. The van der Waals surface area contributed by atoms with Crippen molar-refractivity contribution < 1.29 is 4.74 Å². The Morgan fingerprint density at radius 1 is 0.750 bits per heavy atom. The molecule has 0 bridgehead atoms. The lowest BCUT2D eigenvalue weighted by Gasteiger charge is -2.04. The number of hydrogen-bond donors (Lipinski definition) is 0. The number of pyridine rings is 1. The molecule has 4 aromatic rings. The topological polar surface area (TPSA) is 60.3 Å². The molecule has 0 fully saturated rings. The summed E-state index contributed by atoms with van der Waals surface area (Å²) in [5, 5.41) is 0. The summed E-state index contributed by atoms with van der Waals surface area (Å²) < 4.78 is 5.16. The molecule has 0 radical (unpaired) electrons. The summed E-state index contributed by atoms with van der Waals surface area (Å²) in [6, 6.07) is 19.6. The minimum atomic E-state index is 0.687. The third-order valence-electron chi connectivity index (χ3n) is 4.27. The third kappa shape index (κ3) is 4.10. The molecular weight excluding hydrogens is 348 g/mol. The summed E-state index contributed by atoms with van der Waals surface area (Å²) in [5.74, 6) is 1.52. The normalized spacial score (nSPS) is 10.9. The quantitative estimate of drug-likeness (QED) is 0.468. The van der Waals surface area contributed by atoms with E-state index in [0.717, 1.165) is 33.7 Å². The van der Waals surface area contributed by atoms with Crippen LogP contribution in [0.3, 0.4) is 0 Å². The molecule has 0 atom stereocenters. The van der Waals surface area contributed by atoms with Gasteiger partial charge in [0.25, 0.3) is 0 Å². The number of benzene rings is 2. The highest BCUT2D eigenvalue weighted by molar-refractivity contribution is 5.82. The Hall–Kier alpha value is -3.86. The zero-order chi connectivity index (χ0) is 19.2. The van der Waals surface area contributed by atoms with Gasteiger partial charge < -0.3 is 4.74 Å². The monoisotopic (exact) mass is 366 g/mol. The van der Waals surface area contributed by atoms with E-state index in [0.29, 0.717) is 5.82 Å². The first-order chi connectivity index (χ1) is 13.8. The average molecular weight is 366 g/mol. The van der Waals surface area contributed by atoms with Gasteiger partial charge in [-0.15, -0.1) is 0 Å². The van der Waals surface area contributed by atoms with E-state index in [1.54, 1.807) is 19.5 Å². The lowest BCUT2D eigenvalue weighted by Crippen LogP contribution is -1.89. The van der Waals surface area contributed by atoms with E-state index < -0.39 is 0 Å². The number of rotatable bonds is 5. The van der Waals surface area contributed by atoms with E-state index in [1.165, 1.54) is 0 Å². The minimum absolute atomic E-state index is 0.687. The second kappa shape index (κ2) is 8.22. The van der Waals surface area contributed by atoms with E-state index in [2.05, 4.69) is 19.9 Å². The molecule has 5 heteroatoms. The largest absolute Gasteiger partial charge is 0.497 e. The average Bonchev–Trinajstić information content (AvgIpc) is 2.79. The number of nitrogens with zero attached hydrogens (tertiary/aromatic N) is 4. The Kier molecular flexibility index (Phi) is 5.15. The van der Waals surface area contributed by atoms with Gasteiger partial charge in [0.05, 0.1) is 12.8 Å². The Balaban J connectivity index is 1.47. The van der Waals surface area contributed by atoms with Crippen molar-refractivity contribution in [2.45, 2.75) is 0 Å². The lowest BCUT2D eigenvalue weighted by atomic mass is 10.1. The maximum absolute atomic E-state index is 5.16. The summed E-state index contributed by atoms with van der Waals surface area (Å²) in [4.78, 5) is 17.4. The van der Waals surface area contributed by atoms with E-state index in [1.807, 2.05) is 79.3 Å². The van der Waals surface area contributed by atoms with Crippen LogP contribution < -0.4 is 4.74 Å². The molecule has 136 valence electrons. The van der Waals surface area contributed by atoms with Crippen LogP contribution in [0.1, 0.15) is 5.56 Å². The summed E-state index contributed by atoms with van der Waals surface area (Å²) in [7, 11) is 1.66. The number of aromatic nitrogens is 3. The van der Waals surface area contributed by atoms with Gasteiger partial charge in [0, 0.05) is 42.1 Å². The summed E-state index contributed by atoms with van der Waals surface area (Å²) in [6.45, 7) is 0. The van der Waals surface area contributed by atoms with Crippen molar-refractivity contribution in [2.75, 3.05) is 7.11 Å². The molecule has 0 spiro atoms. The zero-order valence-corrected chi connectivity index (χ0v) is 15.4. The molecule has 2 aromatic heterocycles. The first-order valence-corrected chi connectivity index (χ1v) is 8.83. The van der Waals surface area contributed by atoms with Gasteiger partial charge in [-0.1, -0.05) is 12.1 Å². The smallest absolute Gasteiger partial charge is 0.159 e. The maximum atomic E-state index is 5.16. The van der Waals surface area contributed by atoms with Gasteiger partial charge in [0.15, 0.2) is 5.82 Å². The van der Waals surface area contributed by atoms with Crippen LogP contribution in [0.25, 0.3) is 22.5 Å². The van der Waals surface area contributed by atoms with Crippen LogP contribution in [0.5, 0.6) is 5.75 Å². The van der Waals surface area contributed by atoms with E-state index in [-0.39, 0.29) is 0 Å². The predicted molar refractivity (Wildman–Crippen MR) is 111 cm³/mol. The molecule has 2 heterocycles. The highest BCUT2D eigenvalue weighted by atomic mass is 16.5. The van der Waals surface area contributed by atoms with Crippen LogP contribution in [-0.2, 0) is 0 Å². The number of hydrogen-bond acceptors (Lipinski definition) is 5. The van der Waals surface area contributed by atoms with Gasteiger partial charge >= 0.3 is 0 Å². The van der Waals surface area contributed by atoms with Crippen molar-refractivity contribution in [2.24, 2.45) is 4.99 Å². The highest BCUT2D eigenvalue weighted by Gasteiger charge is 2.03. The number of ether oxygens (including phenoxy) is 1. The van der Waals surface area contributed by atoms with Gasteiger partial charge in [-0.25, -0.2) is 9.97 Å². The SMILES string of the molecule is COc1ccc(C=Nc2ccc(-c3cnc(-c4ccncc4)nc3)cc2)cc1. The molecule has 5 nitrogen and oxygen atoms in total. The lowest BCUT2D eigenvalue weighted by molar-refractivity contribution is 0.415. The molecule has 0 aliphatic rings. The van der Waals surface area contributed by atoms with Gasteiger partial charge in [-0.2, -0.15) is 0 Å². The van der Waals surface area contributed by atoms with Gasteiger partial charge in [-0.3, -0.25) is 9.98 Å². The Labute approximate surface area is 163 Å². The minimum Gasteiger partial charge on any atom is -0.497 e. The first-order valence-electron chi connectivity index (χ1n) is 8.83. The Bertz CT molecular complexity index is 1060. The molecule has 0 amide bonds. The molecule has 0 N–H and O–H groups in total.